The van der Waals surface area contributed by atoms with E-state index in [-0.39, 0.29) is 40.0 Å². The molecule has 12 heavy (non-hydrogen) atoms. The third-order valence-electron chi connectivity index (χ3n) is 1.46. The molecule has 0 fully saturated rings. The molecule has 0 saturated heterocycles. The topological polar surface area (TPSA) is 9.23 Å². The van der Waals surface area contributed by atoms with Gasteiger partial charge in [-0.25, -0.2) is 0 Å². The number of hydrogen-bond acceptors (Lipinski definition) is 1. The summed E-state index contributed by atoms with van der Waals surface area (Å²) in [5.74, 6) is 0.928. The molecule has 0 aromatic heterocycles. The Labute approximate surface area is 100 Å². The smallest absolute Gasteiger partial charge is 1.00 e. The van der Waals surface area contributed by atoms with Gasteiger partial charge in [-0.3, -0.25) is 0 Å². The molecule has 1 rings (SSSR count). The summed E-state index contributed by atoms with van der Waals surface area (Å²) in [6.45, 7) is 3.78. The second-order valence-electron chi connectivity index (χ2n) is 2.06. The van der Waals surface area contributed by atoms with Crippen molar-refractivity contribution >= 4 is 23.1 Å². The van der Waals surface area contributed by atoms with Gasteiger partial charge in [-0.15, -0.1) is 0 Å². The first-order valence-electron chi connectivity index (χ1n) is 3.29. The number of rotatable bonds is 2. The van der Waals surface area contributed by atoms with Crippen LogP contribution in [-0.2, 0) is 6.42 Å². The Kier molecular flexibility index (Phi) is 9.72. The molecular weight excluding hydrogens is 228 g/mol. The molecule has 0 aliphatic heterocycles. The van der Waals surface area contributed by atoms with Crippen molar-refractivity contribution in [1.29, 1.82) is 0 Å². The number of benzene rings is 1. The van der Waals surface area contributed by atoms with Crippen molar-refractivity contribution in [3.8, 4) is 5.75 Å². The van der Waals surface area contributed by atoms with E-state index in [1.807, 2.05) is 24.3 Å². The van der Waals surface area contributed by atoms with Crippen LogP contribution in [-0.4, -0.2) is 30.2 Å². The van der Waals surface area contributed by atoms with Gasteiger partial charge in [0.25, 0.3) is 0 Å². The summed E-state index contributed by atoms with van der Waals surface area (Å²) >= 11 is 0. The maximum Gasteiger partial charge on any atom is 2.00 e. The van der Waals surface area contributed by atoms with Crippen molar-refractivity contribution in [2.24, 2.45) is 0 Å². The Bertz CT molecular complexity index is 192. The fourth-order valence-corrected chi connectivity index (χ4v) is 0.910. The minimum Gasteiger partial charge on any atom is -1.00 e. The van der Waals surface area contributed by atoms with Gasteiger partial charge in [0, 0.05) is 0 Å². The second kappa shape index (κ2) is 7.89. The molecule has 0 spiro atoms. The molecule has 0 radical (unpaired) electrons. The van der Waals surface area contributed by atoms with E-state index in [4.69, 9.17) is 4.74 Å². The van der Waals surface area contributed by atoms with Gasteiger partial charge in [-0.1, -0.05) is 18.2 Å². The third kappa shape index (κ3) is 3.78. The molecule has 0 unspecified atom stereocenters. The zero-order valence-corrected chi connectivity index (χ0v) is 10.2. The quantitative estimate of drug-likeness (QED) is 0.460. The van der Waals surface area contributed by atoms with Gasteiger partial charge >= 0.3 is 23.1 Å². The largest absolute Gasteiger partial charge is 2.00 e. The summed E-state index contributed by atoms with van der Waals surface area (Å²) in [5, 5.41) is 0. The standard InChI is InChI=1S/C9H11O.BrH.Mg/c1-3-8-6-4-5-7-9(8)10-2;;/h4-7H,1,3H2,2H3;1H;/q-1;;+2/p-1. The van der Waals surface area contributed by atoms with Crippen molar-refractivity contribution < 1.29 is 21.7 Å². The van der Waals surface area contributed by atoms with E-state index in [2.05, 4.69) is 6.92 Å². The van der Waals surface area contributed by atoms with E-state index in [1.54, 1.807) is 7.11 Å². The minimum absolute atomic E-state index is 0. The van der Waals surface area contributed by atoms with E-state index < -0.39 is 0 Å². The summed E-state index contributed by atoms with van der Waals surface area (Å²) in [7, 11) is 1.68. The van der Waals surface area contributed by atoms with Crippen molar-refractivity contribution in [2.45, 2.75) is 6.42 Å². The van der Waals surface area contributed by atoms with E-state index in [0.29, 0.717) is 0 Å². The summed E-state index contributed by atoms with van der Waals surface area (Å²) in [5.41, 5.74) is 1.16. The summed E-state index contributed by atoms with van der Waals surface area (Å²) < 4.78 is 5.10. The van der Waals surface area contributed by atoms with E-state index in [1.165, 1.54) is 0 Å². The molecule has 1 nitrogen and oxygen atoms in total. The maximum atomic E-state index is 5.10. The van der Waals surface area contributed by atoms with Gasteiger partial charge in [-0.2, -0.15) is 6.42 Å². The Morgan fingerprint density at radius 1 is 1.33 bits per heavy atom. The van der Waals surface area contributed by atoms with Crippen LogP contribution in [0.25, 0.3) is 0 Å². The first-order chi connectivity index (χ1) is 4.88. The Balaban J connectivity index is 0. The van der Waals surface area contributed by atoms with Gasteiger partial charge in [-0.05, 0) is 11.6 Å². The van der Waals surface area contributed by atoms with Crippen LogP contribution in [0.4, 0.5) is 0 Å². The fraction of sp³-hybridized carbons (Fsp3) is 0.222. The minimum atomic E-state index is 0. The summed E-state index contributed by atoms with van der Waals surface area (Å²) in [6.07, 6.45) is 0.782. The van der Waals surface area contributed by atoms with Gasteiger partial charge in [0.2, 0.25) is 0 Å². The predicted molar refractivity (Wildman–Crippen MR) is 47.8 cm³/mol. The summed E-state index contributed by atoms with van der Waals surface area (Å²) in [4.78, 5) is 0. The zero-order chi connectivity index (χ0) is 7.40. The molecule has 0 aliphatic rings. The maximum absolute atomic E-state index is 5.10. The first kappa shape index (κ1) is 14.8. The van der Waals surface area contributed by atoms with Crippen molar-refractivity contribution in [2.75, 3.05) is 7.11 Å². The molecule has 0 aliphatic carbocycles. The van der Waals surface area contributed by atoms with E-state index >= 15 is 0 Å². The molecule has 1 aromatic rings. The predicted octanol–water partition coefficient (Wildman–Crippen LogP) is -1.31. The molecule has 1 aromatic carbocycles. The van der Waals surface area contributed by atoms with Crippen LogP contribution in [0, 0.1) is 6.92 Å². The van der Waals surface area contributed by atoms with Crippen molar-refractivity contribution in [3.05, 3.63) is 36.8 Å². The van der Waals surface area contributed by atoms with Crippen LogP contribution < -0.4 is 21.7 Å². The third-order valence-corrected chi connectivity index (χ3v) is 1.46. The number of hydrogen-bond donors (Lipinski definition) is 0. The Hall–Kier alpha value is 0.266. The van der Waals surface area contributed by atoms with Crippen LogP contribution in [0.3, 0.4) is 0 Å². The van der Waals surface area contributed by atoms with Gasteiger partial charge in [0.1, 0.15) is 5.75 Å². The monoisotopic (exact) mass is 238 g/mol. The number of para-hydroxylation sites is 1. The number of ether oxygens (including phenoxy) is 1. The van der Waals surface area contributed by atoms with Gasteiger partial charge in [0.05, 0.1) is 7.11 Å². The van der Waals surface area contributed by atoms with Crippen LogP contribution in [0.5, 0.6) is 5.75 Å². The van der Waals surface area contributed by atoms with Gasteiger partial charge < -0.3 is 28.6 Å². The average Bonchev–Trinajstić information content (AvgIpc) is 2.04. The molecular formula is C9H11BrMgO. The van der Waals surface area contributed by atoms with Crippen LogP contribution in [0.1, 0.15) is 5.56 Å². The molecule has 0 N–H and O–H groups in total. The Morgan fingerprint density at radius 3 is 2.33 bits per heavy atom. The van der Waals surface area contributed by atoms with Crippen molar-refractivity contribution in [3.63, 3.8) is 0 Å². The SMILES string of the molecule is [Br-].[CH2-]Cc1ccccc1OC.[Mg+2]. The van der Waals surface area contributed by atoms with Gasteiger partial charge in [0.15, 0.2) is 0 Å². The molecule has 62 valence electrons. The molecule has 0 heterocycles. The Morgan fingerprint density at radius 2 is 1.92 bits per heavy atom. The van der Waals surface area contributed by atoms with Crippen LogP contribution in [0.15, 0.2) is 24.3 Å². The molecule has 0 atom stereocenters. The zero-order valence-electron chi connectivity index (χ0n) is 7.22. The molecule has 0 saturated carbocycles. The van der Waals surface area contributed by atoms with E-state index in [0.717, 1.165) is 17.7 Å². The average molecular weight is 239 g/mol. The number of methoxy groups -OCH3 is 1. The second-order valence-corrected chi connectivity index (χ2v) is 2.06. The number of halogens is 1. The first-order valence-corrected chi connectivity index (χ1v) is 3.29. The van der Waals surface area contributed by atoms with Crippen LogP contribution in [0.2, 0.25) is 0 Å². The molecule has 0 bridgehead atoms. The normalized spacial score (nSPS) is 7.83. The van der Waals surface area contributed by atoms with E-state index in [9.17, 15) is 0 Å². The van der Waals surface area contributed by atoms with Crippen molar-refractivity contribution in [1.82, 2.24) is 0 Å². The molecule has 0 amide bonds. The van der Waals surface area contributed by atoms with Crippen LogP contribution >= 0.6 is 0 Å². The fourth-order valence-electron chi connectivity index (χ4n) is 0.910. The summed E-state index contributed by atoms with van der Waals surface area (Å²) in [6, 6.07) is 7.91. The molecule has 3 heteroatoms.